The van der Waals surface area contributed by atoms with E-state index in [0.29, 0.717) is 6.04 Å². The van der Waals surface area contributed by atoms with Gasteiger partial charge in [0, 0.05) is 30.6 Å². The summed E-state index contributed by atoms with van der Waals surface area (Å²) in [6, 6.07) is 2.72. The molecule has 0 bridgehead atoms. The minimum Gasteiger partial charge on any atom is -0.322 e. The zero-order valence-electron chi connectivity index (χ0n) is 9.36. The number of thiophene rings is 1. The fourth-order valence-electron chi connectivity index (χ4n) is 2.13. The van der Waals surface area contributed by atoms with E-state index in [1.54, 1.807) is 11.3 Å². The molecule has 0 saturated carbocycles. The lowest BCUT2D eigenvalue weighted by Gasteiger charge is -2.36. The summed E-state index contributed by atoms with van der Waals surface area (Å²) in [7, 11) is 2.16. The van der Waals surface area contributed by atoms with E-state index in [-0.39, 0.29) is 6.04 Å². The average molecular weight is 225 g/mol. The Labute approximate surface area is 95.3 Å². The van der Waals surface area contributed by atoms with Crippen LogP contribution in [0.4, 0.5) is 0 Å². The SMILES string of the molecule is Cc1ccsc1C(N)C1CNCCN1C. The van der Waals surface area contributed by atoms with Crippen molar-refractivity contribution in [2.45, 2.75) is 19.0 Å². The Morgan fingerprint density at radius 1 is 1.67 bits per heavy atom. The van der Waals surface area contributed by atoms with E-state index < -0.39 is 0 Å². The number of aryl methyl sites for hydroxylation is 1. The summed E-state index contributed by atoms with van der Waals surface area (Å²) in [6.07, 6.45) is 0. The van der Waals surface area contributed by atoms with Crippen LogP contribution in [0.3, 0.4) is 0 Å². The van der Waals surface area contributed by atoms with E-state index in [4.69, 9.17) is 5.73 Å². The smallest absolute Gasteiger partial charge is 0.0562 e. The van der Waals surface area contributed by atoms with Crippen LogP contribution in [0.15, 0.2) is 11.4 Å². The summed E-state index contributed by atoms with van der Waals surface area (Å²) in [5.41, 5.74) is 7.66. The lowest BCUT2D eigenvalue weighted by Crippen LogP contribution is -2.53. The standard InChI is InChI=1S/C11H19N3S/c1-8-3-6-15-11(8)10(12)9-7-13-4-5-14(9)2/h3,6,9-10,13H,4-5,7,12H2,1-2H3. The Bertz CT molecular complexity index is 323. The molecular weight excluding hydrogens is 206 g/mol. The van der Waals surface area contributed by atoms with Gasteiger partial charge in [-0.1, -0.05) is 0 Å². The molecule has 1 saturated heterocycles. The zero-order valence-corrected chi connectivity index (χ0v) is 10.2. The Morgan fingerprint density at radius 2 is 2.47 bits per heavy atom. The van der Waals surface area contributed by atoms with Gasteiger partial charge in [0.2, 0.25) is 0 Å². The van der Waals surface area contributed by atoms with Gasteiger partial charge in [0.05, 0.1) is 6.04 Å². The molecule has 0 amide bonds. The topological polar surface area (TPSA) is 41.3 Å². The summed E-state index contributed by atoms with van der Waals surface area (Å²) >= 11 is 1.77. The van der Waals surface area contributed by atoms with Gasteiger partial charge in [-0.2, -0.15) is 0 Å². The zero-order chi connectivity index (χ0) is 10.8. The predicted molar refractivity (Wildman–Crippen MR) is 65.3 cm³/mol. The van der Waals surface area contributed by atoms with Gasteiger partial charge < -0.3 is 11.1 Å². The van der Waals surface area contributed by atoms with Gasteiger partial charge >= 0.3 is 0 Å². The van der Waals surface area contributed by atoms with Crippen molar-refractivity contribution >= 4 is 11.3 Å². The van der Waals surface area contributed by atoms with Crippen molar-refractivity contribution in [2.75, 3.05) is 26.7 Å². The normalized spacial score (nSPS) is 25.4. The van der Waals surface area contributed by atoms with Crippen molar-refractivity contribution in [2.24, 2.45) is 5.73 Å². The quantitative estimate of drug-likeness (QED) is 0.788. The van der Waals surface area contributed by atoms with Crippen molar-refractivity contribution in [3.8, 4) is 0 Å². The Kier molecular flexibility index (Phi) is 3.41. The molecule has 0 radical (unpaired) electrons. The second-order valence-electron chi connectivity index (χ2n) is 4.25. The predicted octanol–water partition coefficient (Wildman–Crippen LogP) is 0.960. The number of hydrogen-bond acceptors (Lipinski definition) is 4. The first-order valence-corrected chi connectivity index (χ1v) is 6.28. The van der Waals surface area contributed by atoms with Gasteiger partial charge in [-0.25, -0.2) is 0 Å². The minimum atomic E-state index is 0.141. The highest BCUT2D eigenvalue weighted by molar-refractivity contribution is 7.10. The third-order valence-electron chi connectivity index (χ3n) is 3.18. The summed E-state index contributed by atoms with van der Waals surface area (Å²) in [6.45, 7) is 5.29. The molecule has 1 aromatic rings. The van der Waals surface area contributed by atoms with Gasteiger partial charge in [-0.05, 0) is 31.0 Å². The lowest BCUT2D eigenvalue weighted by molar-refractivity contribution is 0.175. The van der Waals surface area contributed by atoms with Crippen molar-refractivity contribution in [1.82, 2.24) is 10.2 Å². The van der Waals surface area contributed by atoms with Crippen molar-refractivity contribution in [3.05, 3.63) is 21.9 Å². The van der Waals surface area contributed by atoms with Crippen LogP contribution >= 0.6 is 11.3 Å². The van der Waals surface area contributed by atoms with E-state index >= 15 is 0 Å². The Balaban J connectivity index is 2.13. The van der Waals surface area contributed by atoms with Crippen LogP contribution < -0.4 is 11.1 Å². The maximum atomic E-state index is 6.33. The van der Waals surface area contributed by atoms with Crippen LogP contribution in [-0.2, 0) is 0 Å². The number of hydrogen-bond donors (Lipinski definition) is 2. The maximum absolute atomic E-state index is 6.33. The van der Waals surface area contributed by atoms with Crippen molar-refractivity contribution in [3.63, 3.8) is 0 Å². The van der Waals surface area contributed by atoms with Gasteiger partial charge in [-0.3, -0.25) is 4.90 Å². The Hall–Kier alpha value is -0.420. The van der Waals surface area contributed by atoms with E-state index in [0.717, 1.165) is 19.6 Å². The number of nitrogens with zero attached hydrogens (tertiary/aromatic N) is 1. The van der Waals surface area contributed by atoms with Gasteiger partial charge in [0.1, 0.15) is 0 Å². The largest absolute Gasteiger partial charge is 0.322 e. The number of nitrogens with two attached hydrogens (primary N) is 1. The summed E-state index contributed by atoms with van der Waals surface area (Å²) < 4.78 is 0. The van der Waals surface area contributed by atoms with Crippen LogP contribution in [0.5, 0.6) is 0 Å². The molecule has 3 nitrogen and oxygen atoms in total. The highest BCUT2D eigenvalue weighted by atomic mass is 32.1. The highest BCUT2D eigenvalue weighted by Crippen LogP contribution is 2.26. The molecule has 0 aromatic carbocycles. The monoisotopic (exact) mass is 225 g/mol. The summed E-state index contributed by atoms with van der Waals surface area (Å²) in [4.78, 5) is 3.69. The molecule has 4 heteroatoms. The molecule has 1 aromatic heterocycles. The highest BCUT2D eigenvalue weighted by Gasteiger charge is 2.27. The molecule has 84 valence electrons. The van der Waals surface area contributed by atoms with Crippen LogP contribution in [0.25, 0.3) is 0 Å². The second-order valence-corrected chi connectivity index (χ2v) is 5.19. The molecule has 0 spiro atoms. The fourth-order valence-corrected chi connectivity index (χ4v) is 3.12. The molecule has 1 aliphatic rings. The molecule has 1 fully saturated rings. The molecule has 2 atom stereocenters. The van der Waals surface area contributed by atoms with Gasteiger partial charge in [0.25, 0.3) is 0 Å². The van der Waals surface area contributed by atoms with Crippen molar-refractivity contribution in [1.29, 1.82) is 0 Å². The molecule has 2 heterocycles. The first-order valence-electron chi connectivity index (χ1n) is 5.40. The van der Waals surface area contributed by atoms with Crippen molar-refractivity contribution < 1.29 is 0 Å². The van der Waals surface area contributed by atoms with Gasteiger partial charge in [-0.15, -0.1) is 11.3 Å². The summed E-state index contributed by atoms with van der Waals surface area (Å²) in [5.74, 6) is 0. The van der Waals surface area contributed by atoms with Gasteiger partial charge in [0.15, 0.2) is 0 Å². The number of nitrogens with one attached hydrogen (secondary N) is 1. The molecule has 2 rings (SSSR count). The molecule has 3 N–H and O–H groups in total. The fraction of sp³-hybridized carbons (Fsp3) is 0.636. The van der Waals surface area contributed by atoms with Crippen LogP contribution in [0, 0.1) is 6.92 Å². The molecule has 0 aliphatic carbocycles. The first kappa shape index (κ1) is 11.1. The third kappa shape index (κ3) is 2.23. The number of likely N-dealkylation sites (N-methyl/N-ethyl adjacent to an activating group) is 1. The van der Waals surface area contributed by atoms with E-state index in [2.05, 4.69) is 35.6 Å². The van der Waals surface area contributed by atoms with E-state index in [1.807, 2.05) is 0 Å². The molecule has 1 aliphatic heterocycles. The van der Waals surface area contributed by atoms with E-state index in [1.165, 1.54) is 10.4 Å². The molecular formula is C11H19N3S. The molecule has 15 heavy (non-hydrogen) atoms. The lowest BCUT2D eigenvalue weighted by atomic mass is 10.0. The van der Waals surface area contributed by atoms with Crippen LogP contribution in [0.2, 0.25) is 0 Å². The minimum absolute atomic E-state index is 0.141. The number of piperazine rings is 1. The van der Waals surface area contributed by atoms with Crippen LogP contribution in [-0.4, -0.2) is 37.6 Å². The Morgan fingerprint density at radius 3 is 3.07 bits per heavy atom. The average Bonchev–Trinajstić information content (AvgIpc) is 2.64. The number of rotatable bonds is 2. The first-order chi connectivity index (χ1) is 7.20. The summed E-state index contributed by atoms with van der Waals surface area (Å²) in [5, 5.41) is 5.54. The maximum Gasteiger partial charge on any atom is 0.0562 e. The second kappa shape index (κ2) is 4.61. The van der Waals surface area contributed by atoms with E-state index in [9.17, 15) is 0 Å². The third-order valence-corrected chi connectivity index (χ3v) is 4.30. The van der Waals surface area contributed by atoms with Crippen LogP contribution in [0.1, 0.15) is 16.5 Å². The molecule has 2 unspecified atom stereocenters.